The van der Waals surface area contributed by atoms with E-state index in [0.29, 0.717) is 28.7 Å². The zero-order chi connectivity index (χ0) is 15.9. The van der Waals surface area contributed by atoms with Crippen LogP contribution in [0.2, 0.25) is 10.0 Å². The van der Waals surface area contributed by atoms with Crippen molar-refractivity contribution in [1.29, 1.82) is 0 Å². The third kappa shape index (κ3) is 4.39. The molecular formula is C17H18Cl2N2O. The van der Waals surface area contributed by atoms with Crippen LogP contribution in [0.1, 0.15) is 13.3 Å². The maximum absolute atomic E-state index is 12.1. The maximum atomic E-state index is 12.1. The van der Waals surface area contributed by atoms with Gasteiger partial charge in [-0.15, -0.1) is 0 Å². The summed E-state index contributed by atoms with van der Waals surface area (Å²) < 4.78 is 0. The first kappa shape index (κ1) is 16.7. The van der Waals surface area contributed by atoms with E-state index in [-0.39, 0.29) is 5.91 Å². The first-order valence-corrected chi connectivity index (χ1v) is 7.91. The topological polar surface area (TPSA) is 32.3 Å². The summed E-state index contributed by atoms with van der Waals surface area (Å²) in [6, 6.07) is 15.2. The maximum Gasteiger partial charge on any atom is 0.226 e. The Hall–Kier alpha value is -1.71. The summed E-state index contributed by atoms with van der Waals surface area (Å²) >= 11 is 12.0. The molecule has 2 aromatic rings. The van der Waals surface area contributed by atoms with E-state index < -0.39 is 0 Å². The summed E-state index contributed by atoms with van der Waals surface area (Å²) in [6.07, 6.45) is 0.381. The first-order valence-electron chi connectivity index (χ1n) is 7.15. The van der Waals surface area contributed by atoms with Crippen LogP contribution in [-0.4, -0.2) is 19.0 Å². The Balaban J connectivity index is 1.93. The molecule has 0 unspecified atom stereocenters. The molecule has 0 atom stereocenters. The van der Waals surface area contributed by atoms with E-state index in [1.807, 2.05) is 30.3 Å². The van der Waals surface area contributed by atoms with E-state index >= 15 is 0 Å². The smallest absolute Gasteiger partial charge is 0.226 e. The van der Waals surface area contributed by atoms with Crippen molar-refractivity contribution in [1.82, 2.24) is 0 Å². The molecule has 0 spiro atoms. The van der Waals surface area contributed by atoms with Crippen LogP contribution in [0.3, 0.4) is 0 Å². The number of para-hydroxylation sites is 1. The second-order valence-electron chi connectivity index (χ2n) is 4.81. The van der Waals surface area contributed by atoms with E-state index in [1.165, 1.54) is 0 Å². The number of hydrogen-bond donors (Lipinski definition) is 1. The molecule has 0 fully saturated rings. The molecule has 0 saturated carbocycles. The molecular weight excluding hydrogens is 319 g/mol. The molecule has 3 nitrogen and oxygen atoms in total. The molecule has 1 N–H and O–H groups in total. The Kier molecular flexibility index (Phi) is 6.10. The zero-order valence-electron chi connectivity index (χ0n) is 12.4. The van der Waals surface area contributed by atoms with Crippen molar-refractivity contribution in [3.8, 4) is 0 Å². The fourth-order valence-corrected chi connectivity index (χ4v) is 2.51. The Labute approximate surface area is 140 Å². The normalized spacial score (nSPS) is 10.3. The van der Waals surface area contributed by atoms with Crippen molar-refractivity contribution < 1.29 is 4.79 Å². The number of halogens is 2. The minimum atomic E-state index is -0.0847. The molecule has 5 heteroatoms. The average Bonchev–Trinajstić information content (AvgIpc) is 2.53. The fourth-order valence-electron chi connectivity index (χ4n) is 2.16. The molecule has 116 valence electrons. The van der Waals surface area contributed by atoms with Crippen LogP contribution in [0, 0.1) is 0 Å². The molecule has 2 rings (SSSR count). The van der Waals surface area contributed by atoms with Gasteiger partial charge in [0.15, 0.2) is 0 Å². The molecule has 1 amide bonds. The molecule has 0 aliphatic heterocycles. The number of carbonyl (C=O) groups excluding carboxylic acids is 1. The van der Waals surface area contributed by atoms with Gasteiger partial charge in [0, 0.05) is 25.2 Å². The average molecular weight is 337 g/mol. The molecule has 0 heterocycles. The van der Waals surface area contributed by atoms with Crippen molar-refractivity contribution in [2.45, 2.75) is 13.3 Å². The summed E-state index contributed by atoms with van der Waals surface area (Å²) in [5, 5.41) is 3.60. The quantitative estimate of drug-likeness (QED) is 0.817. The molecule has 0 radical (unpaired) electrons. The van der Waals surface area contributed by atoms with Gasteiger partial charge in [0.25, 0.3) is 0 Å². The second kappa shape index (κ2) is 8.06. The lowest BCUT2D eigenvalue weighted by Crippen LogP contribution is -2.27. The lowest BCUT2D eigenvalue weighted by molar-refractivity contribution is -0.116. The van der Waals surface area contributed by atoms with Crippen molar-refractivity contribution >= 4 is 40.5 Å². The zero-order valence-corrected chi connectivity index (χ0v) is 13.9. The van der Waals surface area contributed by atoms with Crippen molar-refractivity contribution in [2.24, 2.45) is 0 Å². The van der Waals surface area contributed by atoms with E-state index in [9.17, 15) is 4.79 Å². The standard InChI is InChI=1S/C17H18Cl2N2O/c1-2-21(13-7-4-3-5-8-13)12-11-16(22)20-15-10-6-9-14(18)17(15)19/h3-10H,2,11-12H2,1H3,(H,20,22). The van der Waals surface area contributed by atoms with Gasteiger partial charge in [-0.1, -0.05) is 47.5 Å². The highest BCUT2D eigenvalue weighted by Crippen LogP contribution is 2.29. The van der Waals surface area contributed by atoms with Gasteiger partial charge in [-0.3, -0.25) is 4.79 Å². The van der Waals surface area contributed by atoms with Crippen molar-refractivity contribution in [3.63, 3.8) is 0 Å². The van der Waals surface area contributed by atoms with E-state index in [4.69, 9.17) is 23.2 Å². The summed E-state index contributed by atoms with van der Waals surface area (Å²) in [5.74, 6) is -0.0847. The third-order valence-corrected chi connectivity index (χ3v) is 4.16. The molecule has 0 bridgehead atoms. The molecule has 0 saturated heterocycles. The summed E-state index contributed by atoms with van der Waals surface area (Å²) in [4.78, 5) is 14.2. The molecule has 22 heavy (non-hydrogen) atoms. The SMILES string of the molecule is CCN(CCC(=O)Nc1cccc(Cl)c1Cl)c1ccccc1. The molecule has 0 aromatic heterocycles. The summed E-state index contributed by atoms with van der Waals surface area (Å²) in [6.45, 7) is 3.55. The van der Waals surface area contributed by atoms with Crippen LogP contribution in [0.15, 0.2) is 48.5 Å². The van der Waals surface area contributed by atoms with Crippen LogP contribution in [0.5, 0.6) is 0 Å². The fraction of sp³-hybridized carbons (Fsp3) is 0.235. The molecule has 2 aromatic carbocycles. The van der Waals surface area contributed by atoms with Crippen LogP contribution in [0.4, 0.5) is 11.4 Å². The van der Waals surface area contributed by atoms with E-state index in [0.717, 1.165) is 12.2 Å². The highest BCUT2D eigenvalue weighted by Gasteiger charge is 2.10. The van der Waals surface area contributed by atoms with Crippen molar-refractivity contribution in [3.05, 3.63) is 58.6 Å². The summed E-state index contributed by atoms with van der Waals surface area (Å²) in [5.41, 5.74) is 1.65. The monoisotopic (exact) mass is 336 g/mol. The lowest BCUT2D eigenvalue weighted by atomic mass is 10.2. The third-order valence-electron chi connectivity index (χ3n) is 3.34. The number of hydrogen-bond acceptors (Lipinski definition) is 2. The Morgan fingerprint density at radius 2 is 1.82 bits per heavy atom. The van der Waals surface area contributed by atoms with Gasteiger partial charge in [-0.05, 0) is 31.2 Å². The predicted molar refractivity (Wildman–Crippen MR) is 94.0 cm³/mol. The number of nitrogens with zero attached hydrogens (tertiary/aromatic N) is 1. The van der Waals surface area contributed by atoms with Crippen molar-refractivity contribution in [2.75, 3.05) is 23.3 Å². The first-order chi connectivity index (χ1) is 10.6. The van der Waals surface area contributed by atoms with Gasteiger partial charge in [0.2, 0.25) is 5.91 Å². The number of benzene rings is 2. The largest absolute Gasteiger partial charge is 0.371 e. The Bertz CT molecular complexity index is 632. The highest BCUT2D eigenvalue weighted by molar-refractivity contribution is 6.43. The van der Waals surface area contributed by atoms with Crippen LogP contribution in [0.25, 0.3) is 0 Å². The minimum absolute atomic E-state index is 0.0847. The predicted octanol–water partition coefficient (Wildman–Crippen LogP) is 4.85. The number of amides is 1. The number of nitrogens with one attached hydrogen (secondary N) is 1. The second-order valence-corrected chi connectivity index (χ2v) is 5.60. The van der Waals surface area contributed by atoms with Gasteiger partial charge < -0.3 is 10.2 Å². The summed E-state index contributed by atoms with van der Waals surface area (Å²) in [7, 11) is 0. The van der Waals surface area contributed by atoms with Gasteiger partial charge >= 0.3 is 0 Å². The van der Waals surface area contributed by atoms with Crippen LogP contribution < -0.4 is 10.2 Å². The van der Waals surface area contributed by atoms with E-state index in [1.54, 1.807) is 18.2 Å². The highest BCUT2D eigenvalue weighted by atomic mass is 35.5. The van der Waals surface area contributed by atoms with Gasteiger partial charge in [0.05, 0.1) is 15.7 Å². The molecule has 0 aliphatic carbocycles. The van der Waals surface area contributed by atoms with Crippen LogP contribution in [-0.2, 0) is 4.79 Å². The Morgan fingerprint density at radius 3 is 2.50 bits per heavy atom. The van der Waals surface area contributed by atoms with E-state index in [2.05, 4.69) is 17.1 Å². The van der Waals surface area contributed by atoms with Gasteiger partial charge in [0.1, 0.15) is 0 Å². The number of rotatable bonds is 6. The Morgan fingerprint density at radius 1 is 1.09 bits per heavy atom. The minimum Gasteiger partial charge on any atom is -0.371 e. The van der Waals surface area contributed by atoms with Crippen LogP contribution >= 0.6 is 23.2 Å². The lowest BCUT2D eigenvalue weighted by Gasteiger charge is -2.22. The number of anilines is 2. The van der Waals surface area contributed by atoms with Gasteiger partial charge in [-0.25, -0.2) is 0 Å². The number of carbonyl (C=O) groups is 1. The van der Waals surface area contributed by atoms with Gasteiger partial charge in [-0.2, -0.15) is 0 Å². The molecule has 0 aliphatic rings.